The lowest BCUT2D eigenvalue weighted by atomic mass is 10.2. The Morgan fingerprint density at radius 2 is 2.27 bits per heavy atom. The first-order valence-corrected chi connectivity index (χ1v) is 7.15. The molecule has 0 amide bonds. The van der Waals surface area contributed by atoms with Gasteiger partial charge in [0.25, 0.3) is 0 Å². The van der Waals surface area contributed by atoms with Gasteiger partial charge >= 0.3 is 0 Å². The first-order valence-electron chi connectivity index (χ1n) is 5.11. The van der Waals surface area contributed by atoms with Gasteiger partial charge in [-0.05, 0) is 19.8 Å². The summed E-state index contributed by atoms with van der Waals surface area (Å²) in [5.74, 6) is 0.123. The lowest BCUT2D eigenvalue weighted by molar-refractivity contribution is 0.0977. The molecule has 0 aromatic rings. The summed E-state index contributed by atoms with van der Waals surface area (Å²) in [6, 6.07) is 0. The van der Waals surface area contributed by atoms with Gasteiger partial charge in [-0.15, -0.1) is 11.6 Å². The molecule has 1 aliphatic rings. The number of halogens is 1. The number of hydrogen-bond acceptors (Lipinski definition) is 3. The summed E-state index contributed by atoms with van der Waals surface area (Å²) in [6.07, 6.45) is 2.01. The zero-order valence-electron chi connectivity index (χ0n) is 9.15. The standard InChI is InChI=1S/C9H18ClNO3S/c1-8(6-10)15(12,13)11(2)7-9-4-3-5-14-9/h8-9H,3-7H2,1-2H3. The Bertz CT molecular complexity index is 288. The minimum absolute atomic E-state index is 0.0484. The highest BCUT2D eigenvalue weighted by Gasteiger charge is 2.28. The Labute approximate surface area is 96.6 Å². The molecule has 0 aliphatic carbocycles. The molecular formula is C9H18ClNO3S. The van der Waals surface area contributed by atoms with Crippen molar-refractivity contribution >= 4 is 21.6 Å². The zero-order chi connectivity index (χ0) is 11.5. The van der Waals surface area contributed by atoms with Crippen molar-refractivity contribution in [2.24, 2.45) is 0 Å². The van der Waals surface area contributed by atoms with Crippen LogP contribution in [0, 0.1) is 0 Å². The average molecular weight is 256 g/mol. The molecule has 1 fully saturated rings. The molecule has 1 saturated heterocycles. The van der Waals surface area contributed by atoms with Gasteiger partial charge in [0, 0.05) is 26.1 Å². The molecule has 6 heteroatoms. The molecule has 0 bridgehead atoms. The molecule has 0 radical (unpaired) electrons. The average Bonchev–Trinajstić information content (AvgIpc) is 2.68. The van der Waals surface area contributed by atoms with E-state index < -0.39 is 15.3 Å². The van der Waals surface area contributed by atoms with Crippen molar-refractivity contribution in [2.45, 2.75) is 31.1 Å². The van der Waals surface area contributed by atoms with E-state index in [1.54, 1.807) is 14.0 Å². The van der Waals surface area contributed by atoms with Crippen molar-refractivity contribution in [2.75, 3.05) is 26.1 Å². The van der Waals surface area contributed by atoms with Gasteiger partial charge in [-0.1, -0.05) is 0 Å². The predicted octanol–water partition coefficient (Wildman–Crippen LogP) is 1.05. The molecule has 15 heavy (non-hydrogen) atoms. The van der Waals surface area contributed by atoms with Crippen molar-refractivity contribution in [1.29, 1.82) is 0 Å². The number of rotatable bonds is 5. The fourth-order valence-corrected chi connectivity index (χ4v) is 3.19. The van der Waals surface area contributed by atoms with Gasteiger partial charge in [-0.25, -0.2) is 12.7 Å². The molecule has 0 N–H and O–H groups in total. The summed E-state index contributed by atoms with van der Waals surface area (Å²) < 4.78 is 30.4. The second kappa shape index (κ2) is 5.48. The highest BCUT2D eigenvalue weighted by Crippen LogP contribution is 2.16. The monoisotopic (exact) mass is 255 g/mol. The maximum absolute atomic E-state index is 11.8. The van der Waals surface area contributed by atoms with Crippen LogP contribution in [0.4, 0.5) is 0 Å². The van der Waals surface area contributed by atoms with E-state index in [0.29, 0.717) is 6.54 Å². The molecule has 2 atom stereocenters. The van der Waals surface area contributed by atoms with Gasteiger partial charge in [0.1, 0.15) is 0 Å². The number of likely N-dealkylation sites (N-methyl/N-ethyl adjacent to an activating group) is 1. The molecule has 0 aromatic heterocycles. The minimum atomic E-state index is -3.26. The molecule has 2 unspecified atom stereocenters. The number of nitrogens with zero attached hydrogens (tertiary/aromatic N) is 1. The van der Waals surface area contributed by atoms with Crippen LogP contribution in [0.25, 0.3) is 0 Å². The molecule has 1 heterocycles. The lowest BCUT2D eigenvalue weighted by Crippen LogP contribution is -2.39. The summed E-state index contributed by atoms with van der Waals surface area (Å²) in [7, 11) is -1.67. The summed E-state index contributed by atoms with van der Waals surface area (Å²) >= 11 is 5.56. The van der Waals surface area contributed by atoms with E-state index in [2.05, 4.69) is 0 Å². The van der Waals surface area contributed by atoms with Gasteiger partial charge < -0.3 is 4.74 Å². The molecule has 0 spiro atoms. The van der Waals surface area contributed by atoms with E-state index in [1.165, 1.54) is 4.31 Å². The first-order chi connectivity index (χ1) is 6.98. The Kier molecular flexibility index (Phi) is 4.83. The van der Waals surface area contributed by atoms with Crippen LogP contribution in [0.5, 0.6) is 0 Å². The Hall–Kier alpha value is 0.160. The highest BCUT2D eigenvalue weighted by molar-refractivity contribution is 7.89. The number of alkyl halides is 1. The summed E-state index contributed by atoms with van der Waals surface area (Å²) in [5, 5.41) is -0.537. The molecule has 1 rings (SSSR count). The van der Waals surface area contributed by atoms with Gasteiger partial charge in [0.2, 0.25) is 10.0 Å². The van der Waals surface area contributed by atoms with Crippen molar-refractivity contribution in [3.63, 3.8) is 0 Å². The Morgan fingerprint density at radius 1 is 1.60 bits per heavy atom. The third-order valence-corrected chi connectivity index (χ3v) is 5.49. The van der Waals surface area contributed by atoms with E-state index in [1.807, 2.05) is 0 Å². The normalized spacial score (nSPS) is 24.7. The number of ether oxygens (including phenoxy) is 1. The number of sulfonamides is 1. The maximum Gasteiger partial charge on any atom is 0.217 e. The molecular weight excluding hydrogens is 238 g/mol. The van der Waals surface area contributed by atoms with Crippen molar-refractivity contribution < 1.29 is 13.2 Å². The van der Waals surface area contributed by atoms with Gasteiger partial charge in [0.15, 0.2) is 0 Å². The van der Waals surface area contributed by atoms with Crippen LogP contribution in [0.15, 0.2) is 0 Å². The highest BCUT2D eigenvalue weighted by atomic mass is 35.5. The van der Waals surface area contributed by atoms with Crippen molar-refractivity contribution in [3.8, 4) is 0 Å². The Morgan fingerprint density at radius 3 is 2.73 bits per heavy atom. The molecule has 1 aliphatic heterocycles. The van der Waals surface area contributed by atoms with E-state index >= 15 is 0 Å². The quantitative estimate of drug-likeness (QED) is 0.690. The van der Waals surface area contributed by atoms with E-state index in [-0.39, 0.29) is 12.0 Å². The Balaban J connectivity index is 2.54. The van der Waals surface area contributed by atoms with Crippen LogP contribution in [0.1, 0.15) is 19.8 Å². The molecule has 90 valence electrons. The molecule has 0 saturated carbocycles. The fraction of sp³-hybridized carbons (Fsp3) is 1.00. The fourth-order valence-electron chi connectivity index (χ4n) is 1.57. The largest absolute Gasteiger partial charge is 0.377 e. The van der Waals surface area contributed by atoms with Crippen LogP contribution in [-0.4, -0.2) is 50.2 Å². The number of hydrogen-bond donors (Lipinski definition) is 0. The molecule has 0 aromatic carbocycles. The predicted molar refractivity (Wildman–Crippen MR) is 60.7 cm³/mol. The second-order valence-corrected chi connectivity index (χ2v) is 6.69. The summed E-state index contributed by atoms with van der Waals surface area (Å²) in [6.45, 7) is 2.79. The van der Waals surface area contributed by atoms with E-state index in [0.717, 1.165) is 19.4 Å². The van der Waals surface area contributed by atoms with Crippen LogP contribution in [0.2, 0.25) is 0 Å². The zero-order valence-corrected chi connectivity index (χ0v) is 10.7. The third-order valence-electron chi connectivity index (χ3n) is 2.64. The summed E-state index contributed by atoms with van der Waals surface area (Å²) in [5.41, 5.74) is 0. The minimum Gasteiger partial charge on any atom is -0.377 e. The maximum atomic E-state index is 11.8. The second-order valence-electron chi connectivity index (χ2n) is 3.93. The topological polar surface area (TPSA) is 46.6 Å². The third kappa shape index (κ3) is 3.31. The lowest BCUT2D eigenvalue weighted by Gasteiger charge is -2.23. The van der Waals surface area contributed by atoms with Crippen molar-refractivity contribution in [1.82, 2.24) is 4.31 Å². The van der Waals surface area contributed by atoms with Crippen LogP contribution in [-0.2, 0) is 14.8 Å². The van der Waals surface area contributed by atoms with Crippen molar-refractivity contribution in [3.05, 3.63) is 0 Å². The SMILES string of the molecule is CC(CCl)S(=O)(=O)N(C)CC1CCCO1. The van der Waals surface area contributed by atoms with Crippen LogP contribution in [0.3, 0.4) is 0 Å². The summed E-state index contributed by atoms with van der Waals surface area (Å²) in [4.78, 5) is 0. The van der Waals surface area contributed by atoms with Gasteiger partial charge in [-0.2, -0.15) is 0 Å². The van der Waals surface area contributed by atoms with E-state index in [9.17, 15) is 8.42 Å². The van der Waals surface area contributed by atoms with Gasteiger partial charge in [-0.3, -0.25) is 0 Å². The smallest absolute Gasteiger partial charge is 0.217 e. The van der Waals surface area contributed by atoms with Crippen LogP contribution >= 0.6 is 11.6 Å². The first kappa shape index (κ1) is 13.2. The van der Waals surface area contributed by atoms with Gasteiger partial charge in [0.05, 0.1) is 11.4 Å². The van der Waals surface area contributed by atoms with Crippen LogP contribution < -0.4 is 0 Å². The molecule has 4 nitrogen and oxygen atoms in total. The van der Waals surface area contributed by atoms with E-state index in [4.69, 9.17) is 16.3 Å².